The quantitative estimate of drug-likeness (QED) is 0.165. The molecule has 9 nitrogen and oxygen atoms in total. The number of ether oxygens (including phenoxy) is 3. The lowest BCUT2D eigenvalue weighted by Gasteiger charge is -2.12. The van der Waals surface area contributed by atoms with Gasteiger partial charge in [-0.2, -0.15) is 5.10 Å². The zero-order valence-corrected chi connectivity index (χ0v) is 22.8. The van der Waals surface area contributed by atoms with E-state index in [1.165, 1.54) is 32.2 Å². The second-order valence-corrected chi connectivity index (χ2v) is 9.39. The van der Waals surface area contributed by atoms with Gasteiger partial charge in [0.25, 0.3) is 5.91 Å². The van der Waals surface area contributed by atoms with Crippen molar-refractivity contribution in [1.82, 2.24) is 20.2 Å². The van der Waals surface area contributed by atoms with Crippen LogP contribution in [0.5, 0.6) is 17.2 Å². The van der Waals surface area contributed by atoms with Crippen LogP contribution in [0.4, 0.5) is 0 Å². The van der Waals surface area contributed by atoms with Gasteiger partial charge in [0.1, 0.15) is 17.2 Å². The van der Waals surface area contributed by atoms with Crippen molar-refractivity contribution in [2.24, 2.45) is 5.10 Å². The molecule has 0 saturated heterocycles. The van der Waals surface area contributed by atoms with Crippen molar-refractivity contribution in [1.29, 1.82) is 0 Å². The van der Waals surface area contributed by atoms with Gasteiger partial charge < -0.3 is 14.2 Å². The molecule has 1 heterocycles. The number of methoxy groups -OCH3 is 3. The number of rotatable bonds is 10. The van der Waals surface area contributed by atoms with Crippen molar-refractivity contribution in [2.45, 2.75) is 12.1 Å². The molecule has 1 amide bonds. The van der Waals surface area contributed by atoms with Crippen LogP contribution in [0.3, 0.4) is 0 Å². The number of carbonyl (C=O) groups excluding carboxylic acids is 1. The molecule has 4 aromatic rings. The third-order valence-corrected chi connectivity index (χ3v) is 6.68. The number of halogens is 1. The maximum atomic E-state index is 12.6. The summed E-state index contributed by atoms with van der Waals surface area (Å²) >= 11 is 7.35. The molecule has 4 rings (SSSR count). The second-order valence-electron chi connectivity index (χ2n) is 8.01. The van der Waals surface area contributed by atoms with Gasteiger partial charge in [0.05, 0.1) is 38.9 Å². The van der Waals surface area contributed by atoms with E-state index in [1.54, 1.807) is 31.4 Å². The molecule has 0 atom stereocenters. The molecule has 0 fully saturated rings. The summed E-state index contributed by atoms with van der Waals surface area (Å²) in [5, 5.41) is 14.0. The Hall–Kier alpha value is -4.02. The fourth-order valence-electron chi connectivity index (χ4n) is 3.57. The lowest BCUT2D eigenvalue weighted by molar-refractivity contribution is -0.118. The van der Waals surface area contributed by atoms with Crippen LogP contribution in [0.25, 0.3) is 17.1 Å². The third-order valence-electron chi connectivity index (χ3n) is 5.50. The molecule has 0 aliphatic carbocycles. The molecule has 1 N–H and O–H groups in total. The van der Waals surface area contributed by atoms with E-state index in [-0.39, 0.29) is 11.7 Å². The van der Waals surface area contributed by atoms with Gasteiger partial charge >= 0.3 is 0 Å². The summed E-state index contributed by atoms with van der Waals surface area (Å²) in [6.45, 7) is 2.02. The number of carbonyl (C=O) groups is 1. The van der Waals surface area contributed by atoms with E-state index in [1.807, 2.05) is 47.9 Å². The topological polar surface area (TPSA) is 99.9 Å². The third kappa shape index (κ3) is 6.27. The van der Waals surface area contributed by atoms with Crippen molar-refractivity contribution < 1.29 is 19.0 Å². The molecule has 0 spiro atoms. The van der Waals surface area contributed by atoms with Crippen molar-refractivity contribution in [3.63, 3.8) is 0 Å². The van der Waals surface area contributed by atoms with Crippen LogP contribution in [0.15, 0.2) is 70.9 Å². The molecule has 0 aliphatic heterocycles. The number of nitrogens with one attached hydrogen (secondary N) is 1. The van der Waals surface area contributed by atoms with Gasteiger partial charge in [-0.1, -0.05) is 53.2 Å². The van der Waals surface area contributed by atoms with Gasteiger partial charge in [0, 0.05) is 28.4 Å². The summed E-state index contributed by atoms with van der Waals surface area (Å²) in [6, 6.07) is 18.8. The van der Waals surface area contributed by atoms with Crippen LogP contribution < -0.4 is 19.6 Å². The average molecular weight is 552 g/mol. The molecular weight excluding hydrogens is 526 g/mol. The number of hydrogen-bond donors (Lipinski definition) is 1. The highest BCUT2D eigenvalue weighted by Gasteiger charge is 2.18. The summed E-state index contributed by atoms with van der Waals surface area (Å²) in [5.74, 6) is 1.97. The zero-order valence-electron chi connectivity index (χ0n) is 21.3. The minimum Gasteiger partial charge on any atom is -0.496 e. The highest BCUT2D eigenvalue weighted by atomic mass is 35.5. The molecule has 196 valence electrons. The number of hydrazone groups is 1. The molecule has 38 heavy (non-hydrogen) atoms. The van der Waals surface area contributed by atoms with Gasteiger partial charge in [-0.15, -0.1) is 10.2 Å². The maximum Gasteiger partial charge on any atom is 0.250 e. The Bertz CT molecular complexity index is 1410. The zero-order chi connectivity index (χ0) is 27.1. The van der Waals surface area contributed by atoms with E-state index in [0.717, 1.165) is 16.8 Å². The molecule has 1 aromatic heterocycles. The Balaban J connectivity index is 1.51. The van der Waals surface area contributed by atoms with Crippen LogP contribution >= 0.6 is 23.4 Å². The number of aromatic nitrogens is 3. The number of nitrogens with zero attached hydrogens (tertiary/aromatic N) is 4. The number of thioether (sulfide) groups is 1. The molecule has 0 radical (unpaired) electrons. The molecule has 3 aromatic carbocycles. The minimum absolute atomic E-state index is 0.0633. The fraction of sp³-hybridized carbons (Fsp3) is 0.185. The van der Waals surface area contributed by atoms with Crippen molar-refractivity contribution in [3.8, 4) is 34.3 Å². The summed E-state index contributed by atoms with van der Waals surface area (Å²) < 4.78 is 18.0. The van der Waals surface area contributed by atoms with Gasteiger partial charge in [-0.25, -0.2) is 5.43 Å². The number of aryl methyl sites for hydroxylation is 1. The monoisotopic (exact) mass is 551 g/mol. The van der Waals surface area contributed by atoms with Crippen molar-refractivity contribution in [3.05, 3.63) is 76.8 Å². The fourth-order valence-corrected chi connectivity index (χ4v) is 4.44. The van der Waals surface area contributed by atoms with Crippen LogP contribution in [0.2, 0.25) is 5.02 Å². The first-order valence-corrected chi connectivity index (χ1v) is 12.8. The highest BCUT2D eigenvalue weighted by molar-refractivity contribution is 7.99. The lowest BCUT2D eigenvalue weighted by Crippen LogP contribution is -2.20. The predicted molar refractivity (Wildman–Crippen MR) is 149 cm³/mol. The first-order valence-electron chi connectivity index (χ1n) is 11.5. The van der Waals surface area contributed by atoms with Crippen LogP contribution in [0, 0.1) is 6.92 Å². The Morgan fingerprint density at radius 3 is 2.26 bits per heavy atom. The molecule has 0 aliphatic rings. The first-order chi connectivity index (χ1) is 18.4. The summed E-state index contributed by atoms with van der Waals surface area (Å²) in [4.78, 5) is 12.6. The van der Waals surface area contributed by atoms with E-state index in [0.29, 0.717) is 38.8 Å². The van der Waals surface area contributed by atoms with Crippen LogP contribution in [0.1, 0.15) is 11.1 Å². The highest BCUT2D eigenvalue weighted by Crippen LogP contribution is 2.33. The van der Waals surface area contributed by atoms with Crippen molar-refractivity contribution >= 4 is 35.5 Å². The normalized spacial score (nSPS) is 11.0. The Morgan fingerprint density at radius 2 is 1.66 bits per heavy atom. The Kier molecular flexibility index (Phi) is 8.88. The largest absolute Gasteiger partial charge is 0.496 e. The van der Waals surface area contributed by atoms with E-state index >= 15 is 0 Å². The summed E-state index contributed by atoms with van der Waals surface area (Å²) in [5.41, 5.74) is 5.97. The van der Waals surface area contributed by atoms with Gasteiger partial charge in [0.15, 0.2) is 11.0 Å². The van der Waals surface area contributed by atoms with Crippen LogP contribution in [-0.2, 0) is 4.79 Å². The SMILES string of the molecule is COc1cc(OC)c(/C=N/NC(=O)CSc2nnc(-c3ccc(C)cc3)n2-c2ccc(Cl)cc2)c(OC)c1. The van der Waals surface area contributed by atoms with Crippen molar-refractivity contribution in [2.75, 3.05) is 27.1 Å². The predicted octanol–water partition coefficient (Wildman–Crippen LogP) is 5.16. The molecule has 0 unspecified atom stereocenters. The maximum absolute atomic E-state index is 12.6. The molecular formula is C27H26ClN5O4S. The number of amides is 1. The summed E-state index contributed by atoms with van der Waals surface area (Å²) in [7, 11) is 4.61. The molecule has 0 saturated carbocycles. The second kappa shape index (κ2) is 12.5. The standard InChI is InChI=1S/C27H26ClN5O4S/c1-17-5-7-18(8-6-17)26-31-32-27(33(26)20-11-9-19(28)10-12-20)38-16-25(34)30-29-15-22-23(36-3)13-21(35-2)14-24(22)37-4/h5-15H,16H2,1-4H3,(H,30,34)/b29-15+. The van der Waals surface area contributed by atoms with Crippen LogP contribution in [-0.4, -0.2) is 54.0 Å². The first kappa shape index (κ1) is 27.0. The smallest absolute Gasteiger partial charge is 0.250 e. The average Bonchev–Trinajstić information content (AvgIpc) is 3.36. The van der Waals surface area contributed by atoms with E-state index < -0.39 is 0 Å². The molecule has 11 heteroatoms. The Morgan fingerprint density at radius 1 is 1.00 bits per heavy atom. The minimum atomic E-state index is -0.319. The molecule has 0 bridgehead atoms. The lowest BCUT2D eigenvalue weighted by atomic mass is 10.1. The summed E-state index contributed by atoms with van der Waals surface area (Å²) in [6.07, 6.45) is 1.46. The number of benzene rings is 3. The van der Waals surface area contributed by atoms with E-state index in [2.05, 4.69) is 20.7 Å². The Labute approximate surface area is 229 Å². The van der Waals surface area contributed by atoms with E-state index in [9.17, 15) is 4.79 Å². The van der Waals surface area contributed by atoms with Gasteiger partial charge in [-0.05, 0) is 31.2 Å². The van der Waals surface area contributed by atoms with Gasteiger partial charge in [0.2, 0.25) is 0 Å². The number of hydrogen-bond acceptors (Lipinski definition) is 8. The van der Waals surface area contributed by atoms with E-state index in [4.69, 9.17) is 25.8 Å². The van der Waals surface area contributed by atoms with Gasteiger partial charge in [-0.3, -0.25) is 9.36 Å².